The number of carbonyl (C=O) groups is 1. The van der Waals surface area contributed by atoms with Gasteiger partial charge in [0.25, 0.3) is 0 Å². The average Bonchev–Trinajstić information content (AvgIpc) is 0.804. The number of hydrogen-bond donors (Lipinski definition) is 19. The number of esters is 1. The van der Waals surface area contributed by atoms with Crippen LogP contribution in [0.3, 0.4) is 0 Å². The number of phenols is 11. The Hall–Kier alpha value is -10.8. The number of methoxy groups -OCH3 is 1. The third-order valence-corrected chi connectivity index (χ3v) is 19.8. The number of ether oxygens (including phenoxy) is 2. The minimum atomic E-state index is -0.393. The van der Waals surface area contributed by atoms with Gasteiger partial charge in [-0.3, -0.25) is 4.79 Å². The Balaban J connectivity index is 0.000000251. The standard InChI is InChI=1S/C26H28O5.C17H20O4.C14H20O3.C13H14O4.C12H18O3.C9H12O3.H2O/c27-22-8-6-17(24(29)14-22)10-20-12-19(16-4-2-1-3-5-16)13-21(26(20)31)11-18-7-9-23(28)15-25(18)30;1-10-3-12(16(20)14(5-10)8-18)7-13-4-11(2)6-15(9-19)17(13)21;15-8-12-6-11(7-13(9-16)14(12)17)10-4-2-1-3-5-10;1-9-6-11(4-5-16-3)13(15)12(7-9)8-17-10(2)14;1-12(2,3)10-4-8(6-13)11(15)9(5-10)7-14;1-6-2-7(4-10)9(12)8(3-6)5-11;/h6-9,12-16,27-31H,1-5,10-11H2;3-6,18-21H,7-9H2,1-2H3;6-7,10,15-17H,1-5,8-9H2;6-7,15H,8H2,1-3H3;4-5,13-15H,6-7H2,1-3H3;2-3,10-12H,4-5H2,1H3;1H2. The van der Waals surface area contributed by atoms with Crippen molar-refractivity contribution in [2.24, 2.45) is 0 Å². The van der Waals surface area contributed by atoms with Crippen molar-refractivity contribution >= 4 is 5.97 Å². The highest BCUT2D eigenvalue weighted by Gasteiger charge is 2.24. The molecule has 9 aromatic rings. The van der Waals surface area contributed by atoms with Crippen LogP contribution in [0.15, 0.2) is 121 Å². The largest absolute Gasteiger partial charge is 0.508 e. The van der Waals surface area contributed by atoms with E-state index in [1.165, 1.54) is 95.2 Å². The van der Waals surface area contributed by atoms with Gasteiger partial charge >= 0.3 is 5.97 Å². The van der Waals surface area contributed by atoms with Crippen molar-refractivity contribution in [3.05, 3.63) is 249 Å². The summed E-state index contributed by atoms with van der Waals surface area (Å²) in [5.41, 5.74) is 15.7. The third-order valence-electron chi connectivity index (χ3n) is 19.8. The molecule has 9 aromatic carbocycles. The van der Waals surface area contributed by atoms with E-state index in [-0.39, 0.29) is 134 Å². The predicted molar refractivity (Wildman–Crippen MR) is 434 cm³/mol. The van der Waals surface area contributed by atoms with Crippen LogP contribution >= 0.6 is 0 Å². The SMILES string of the molecule is CC(C)(C)c1cc(CO)c(O)c(CO)c1.COC#Cc1cc(C)cc(COC(C)=O)c1O.Cc1cc(CO)c(O)c(CO)c1.Cc1cc(CO)c(O)c(Cc2cc(C)cc(CO)c2O)c1.O.OCc1cc(C2CCCCC2)cc(CO)c1O.Oc1ccc(Cc2cc(C3CCCCC3)cc(Cc3ccc(O)cc3O)c2O)c(O)c1. The molecule has 0 bridgehead atoms. The van der Waals surface area contributed by atoms with Crippen LogP contribution in [-0.2, 0) is 98.4 Å². The van der Waals surface area contributed by atoms with E-state index in [4.69, 9.17) is 25.2 Å². The van der Waals surface area contributed by atoms with Crippen LogP contribution in [0.25, 0.3) is 0 Å². The van der Waals surface area contributed by atoms with E-state index in [1.54, 1.807) is 60.7 Å². The molecule has 2 fully saturated rings. The van der Waals surface area contributed by atoms with Gasteiger partial charge in [0.2, 0.25) is 0 Å². The van der Waals surface area contributed by atoms with E-state index in [0.717, 1.165) is 46.2 Å². The molecule has 0 amide bonds. The third kappa shape index (κ3) is 27.0. The molecule has 23 heteroatoms. The van der Waals surface area contributed by atoms with Gasteiger partial charge in [-0.05, 0) is 181 Å². The maximum atomic E-state index is 11.1. The van der Waals surface area contributed by atoms with Gasteiger partial charge in [0, 0.05) is 88.4 Å². The number of aryl methyl sites for hydroxylation is 4. The Kier molecular flexibility index (Phi) is 37.2. The average molecular weight is 1580 g/mol. The molecule has 2 aliphatic rings. The lowest BCUT2D eigenvalue weighted by Gasteiger charge is -2.24. The molecular weight excluding hydrogens is 1460 g/mol. The lowest BCUT2D eigenvalue weighted by molar-refractivity contribution is -0.142. The summed E-state index contributed by atoms with van der Waals surface area (Å²) in [6.45, 7) is 13.3. The number of rotatable bonds is 18. The maximum Gasteiger partial charge on any atom is 0.302 e. The topological polar surface area (TPSA) is 451 Å². The summed E-state index contributed by atoms with van der Waals surface area (Å²) in [6, 6.07) is 34.3. The Morgan fingerprint density at radius 1 is 0.368 bits per heavy atom. The summed E-state index contributed by atoms with van der Waals surface area (Å²) in [5, 5.41) is 183. The molecule has 0 heterocycles. The molecule has 0 aromatic heterocycles. The monoisotopic (exact) mass is 1570 g/mol. The lowest BCUT2D eigenvalue weighted by Crippen LogP contribution is -2.12. The second-order valence-corrected chi connectivity index (χ2v) is 29.7. The number of aliphatic hydroxyl groups is 8. The van der Waals surface area contributed by atoms with Crippen molar-refractivity contribution < 1.29 is 117 Å². The first-order chi connectivity index (χ1) is 53.7. The van der Waals surface area contributed by atoms with Crippen LogP contribution in [0, 0.1) is 39.7 Å². The molecule has 0 spiro atoms. The van der Waals surface area contributed by atoms with Gasteiger partial charge in [-0.15, -0.1) is 0 Å². The molecule has 0 saturated heterocycles. The lowest BCUT2D eigenvalue weighted by atomic mass is 9.81. The smallest absolute Gasteiger partial charge is 0.302 e. The Morgan fingerprint density at radius 3 is 0.974 bits per heavy atom. The van der Waals surface area contributed by atoms with Crippen molar-refractivity contribution in [1.29, 1.82) is 0 Å². The minimum absolute atomic E-state index is 0. The molecule has 21 N–H and O–H groups in total. The summed E-state index contributed by atoms with van der Waals surface area (Å²) < 4.78 is 9.47. The highest BCUT2D eigenvalue weighted by Crippen LogP contribution is 2.42. The van der Waals surface area contributed by atoms with Gasteiger partial charge in [0.1, 0.15) is 76.0 Å². The van der Waals surface area contributed by atoms with Crippen LogP contribution < -0.4 is 0 Å². The Labute approximate surface area is 666 Å². The van der Waals surface area contributed by atoms with Crippen molar-refractivity contribution in [3.8, 4) is 75.3 Å². The second kappa shape index (κ2) is 45.2. The van der Waals surface area contributed by atoms with E-state index in [1.807, 2.05) is 84.9 Å². The van der Waals surface area contributed by atoms with Gasteiger partial charge in [-0.2, -0.15) is 0 Å². The maximum absolute atomic E-state index is 11.1. The predicted octanol–water partition coefficient (Wildman–Crippen LogP) is 13.4. The normalized spacial score (nSPS) is 12.5. The fourth-order valence-corrected chi connectivity index (χ4v) is 13.8. The molecule has 11 rings (SSSR count). The van der Waals surface area contributed by atoms with Gasteiger partial charge in [-0.1, -0.05) is 137 Å². The zero-order valence-electron chi connectivity index (χ0n) is 66.5. The van der Waals surface area contributed by atoms with E-state index in [0.29, 0.717) is 120 Å². The number of aromatic hydroxyl groups is 11. The first-order valence-electron chi connectivity index (χ1n) is 37.6. The molecule has 0 unspecified atom stereocenters. The van der Waals surface area contributed by atoms with Gasteiger partial charge in [0.05, 0.1) is 65.5 Å². The van der Waals surface area contributed by atoms with Crippen LogP contribution in [0.5, 0.6) is 63.2 Å². The molecule has 0 radical (unpaired) electrons. The molecular formula is C91H114O23. The molecule has 616 valence electrons. The highest BCUT2D eigenvalue weighted by molar-refractivity contribution is 5.66. The first kappa shape index (κ1) is 93.8. The van der Waals surface area contributed by atoms with E-state index >= 15 is 0 Å². The summed E-state index contributed by atoms with van der Waals surface area (Å²) in [4.78, 5) is 10.7. The summed E-state index contributed by atoms with van der Waals surface area (Å²) in [7, 11) is 1.44. The number of hydrogen-bond acceptors (Lipinski definition) is 22. The summed E-state index contributed by atoms with van der Waals surface area (Å²) in [5.74, 6) is 3.44. The second-order valence-electron chi connectivity index (χ2n) is 29.7. The molecule has 0 aliphatic heterocycles. The Bertz CT molecular complexity index is 4500. The van der Waals surface area contributed by atoms with Crippen LogP contribution in [0.4, 0.5) is 0 Å². The van der Waals surface area contributed by atoms with Gasteiger partial charge in [-0.25, -0.2) is 0 Å². The number of phenolic OH excluding ortho intramolecular Hbond substituents is 6. The first-order valence-corrected chi connectivity index (χ1v) is 37.6. The highest BCUT2D eigenvalue weighted by atomic mass is 16.5. The van der Waals surface area contributed by atoms with Gasteiger partial charge < -0.3 is 112 Å². The van der Waals surface area contributed by atoms with E-state index in [9.17, 15) is 81.4 Å². The van der Waals surface area contributed by atoms with Crippen molar-refractivity contribution in [2.45, 2.75) is 216 Å². The number of aliphatic hydroxyl groups excluding tert-OH is 8. The zero-order chi connectivity index (χ0) is 83.4. The number of carbonyl (C=O) groups excluding carboxylic acids is 1. The quantitative estimate of drug-likeness (QED) is 0.0280. The zero-order valence-corrected chi connectivity index (χ0v) is 66.5. The van der Waals surface area contributed by atoms with Crippen molar-refractivity contribution in [1.82, 2.24) is 0 Å². The molecule has 23 nitrogen and oxygen atoms in total. The summed E-state index contributed by atoms with van der Waals surface area (Å²) >= 11 is 0. The van der Waals surface area contributed by atoms with Crippen LogP contribution in [0.2, 0.25) is 0 Å². The van der Waals surface area contributed by atoms with E-state index < -0.39 is 5.97 Å². The molecule has 2 saturated carbocycles. The fourth-order valence-electron chi connectivity index (χ4n) is 13.8. The Morgan fingerprint density at radius 2 is 0.649 bits per heavy atom. The van der Waals surface area contributed by atoms with Crippen LogP contribution in [0.1, 0.15) is 232 Å². The van der Waals surface area contributed by atoms with E-state index in [2.05, 4.69) is 16.8 Å². The summed E-state index contributed by atoms with van der Waals surface area (Å²) in [6.07, 6.45) is 15.4. The van der Waals surface area contributed by atoms with Crippen molar-refractivity contribution in [3.63, 3.8) is 0 Å². The van der Waals surface area contributed by atoms with Gasteiger partial charge in [0.15, 0.2) is 0 Å². The van der Waals surface area contributed by atoms with Crippen molar-refractivity contribution in [2.75, 3.05) is 7.11 Å². The fraction of sp³-hybridized carbons (Fsp3) is 0.374. The number of benzene rings is 9. The van der Waals surface area contributed by atoms with Crippen LogP contribution in [-0.4, -0.2) is 116 Å². The molecule has 114 heavy (non-hydrogen) atoms. The minimum Gasteiger partial charge on any atom is -0.508 e. The molecule has 0 atom stereocenters. The molecule has 2 aliphatic carbocycles.